The molecule has 7 heteroatoms. The van der Waals surface area contributed by atoms with Crippen LogP contribution in [-0.2, 0) is 31.9 Å². The third-order valence-electron chi connectivity index (χ3n) is 6.50. The molecule has 8 bridgehead atoms. The Hall–Kier alpha value is -2.85. The summed E-state index contributed by atoms with van der Waals surface area (Å²) in [6.45, 7) is 6.91. The van der Waals surface area contributed by atoms with Gasteiger partial charge in [0.2, 0.25) is 0 Å². The molecule has 0 saturated carbocycles. The van der Waals surface area contributed by atoms with Crippen LogP contribution in [0.3, 0.4) is 0 Å². The van der Waals surface area contributed by atoms with Gasteiger partial charge in [-0.2, -0.15) is 0 Å². The smallest absolute Gasteiger partial charge is 0.300 e. The Morgan fingerprint density at radius 2 is 0.971 bits per heavy atom. The van der Waals surface area contributed by atoms with Crippen LogP contribution in [0.4, 0.5) is 17.6 Å². The fraction of sp³-hybridized carbons (Fsp3) is 0.214. The molecule has 4 aromatic rings. The molecule has 2 nitrogen and oxygen atoms in total. The number of aromatic nitrogens is 2. The molecule has 1 aliphatic heterocycles. The Morgan fingerprint density at radius 1 is 0.600 bits per heavy atom. The maximum Gasteiger partial charge on any atom is 2.00 e. The van der Waals surface area contributed by atoms with Crippen LogP contribution in [0.5, 0.6) is 0 Å². The van der Waals surface area contributed by atoms with Gasteiger partial charge in [-0.15, -0.1) is 12.1 Å². The minimum atomic E-state index is -1.05. The second-order valence-electron chi connectivity index (χ2n) is 9.50. The number of halogens is 4. The average molecular weight is 656 g/mol. The van der Waals surface area contributed by atoms with Crippen LogP contribution in [0.15, 0.2) is 48.5 Å². The summed E-state index contributed by atoms with van der Waals surface area (Å²) >= 11 is 0. The zero-order chi connectivity index (χ0) is 24.4. The van der Waals surface area contributed by atoms with Crippen LogP contribution >= 0.6 is 0 Å². The number of fused-ring (bicyclic) bond motifs is 10. The van der Waals surface area contributed by atoms with E-state index in [1.165, 1.54) is 0 Å². The van der Waals surface area contributed by atoms with Crippen molar-refractivity contribution in [2.24, 2.45) is 0 Å². The summed E-state index contributed by atoms with van der Waals surface area (Å²) in [6, 6.07) is 17.3. The van der Waals surface area contributed by atoms with Crippen LogP contribution in [-0.4, -0.2) is 9.97 Å². The SMILES string of the molecule is CC1(C)c2cccc(n2)-c2[c-]c(c(F)cc2F)C(C)(C)c2cccc(n2)-c2[c-]c1c(F)cc2F.[Pt+2]. The molecule has 180 valence electrons. The summed E-state index contributed by atoms with van der Waals surface area (Å²) in [7, 11) is 0. The molecule has 35 heavy (non-hydrogen) atoms. The van der Waals surface area contributed by atoms with Gasteiger partial charge in [-0.25, -0.2) is 0 Å². The number of rotatable bonds is 0. The molecule has 0 saturated heterocycles. The molecule has 0 aliphatic carbocycles. The van der Waals surface area contributed by atoms with Crippen molar-refractivity contribution in [1.29, 1.82) is 0 Å². The third-order valence-corrected chi connectivity index (χ3v) is 6.50. The summed E-state index contributed by atoms with van der Waals surface area (Å²) in [5, 5.41) is 0. The molecule has 0 amide bonds. The molecule has 0 atom stereocenters. The first-order valence-corrected chi connectivity index (χ1v) is 10.8. The molecule has 0 fully saturated rings. The molecule has 2 aromatic heterocycles. The summed E-state index contributed by atoms with van der Waals surface area (Å²) in [5.74, 6) is -3.17. The summed E-state index contributed by atoms with van der Waals surface area (Å²) < 4.78 is 60.0. The van der Waals surface area contributed by atoms with Gasteiger partial charge in [0.1, 0.15) is 0 Å². The first-order chi connectivity index (χ1) is 16.0. The van der Waals surface area contributed by atoms with E-state index >= 15 is 8.78 Å². The van der Waals surface area contributed by atoms with Crippen molar-refractivity contribution in [3.63, 3.8) is 0 Å². The van der Waals surface area contributed by atoms with Crippen molar-refractivity contribution in [3.8, 4) is 22.5 Å². The Morgan fingerprint density at radius 3 is 1.34 bits per heavy atom. The van der Waals surface area contributed by atoms with Gasteiger partial charge in [0.15, 0.2) is 0 Å². The Labute approximate surface area is 215 Å². The molecule has 3 heterocycles. The summed E-state index contributed by atoms with van der Waals surface area (Å²) in [5.41, 5.74) is -0.639. The predicted octanol–water partition coefficient (Wildman–Crippen LogP) is 6.93. The molecular weight excluding hydrogens is 635 g/mol. The topological polar surface area (TPSA) is 25.8 Å². The normalized spacial score (nSPS) is 15.1. The Balaban J connectivity index is 0.00000289. The number of hydrogen-bond donors (Lipinski definition) is 0. The number of pyridine rings is 2. The minimum Gasteiger partial charge on any atom is -0.300 e. The molecule has 0 spiro atoms. The zero-order valence-electron chi connectivity index (χ0n) is 19.3. The molecular formula is C28H20F4N2Pt. The van der Waals surface area contributed by atoms with E-state index in [2.05, 4.69) is 22.1 Å². The summed E-state index contributed by atoms with van der Waals surface area (Å²) in [6.07, 6.45) is 0. The van der Waals surface area contributed by atoms with Crippen LogP contribution < -0.4 is 0 Å². The maximum atomic E-state index is 15.0. The van der Waals surface area contributed by atoms with Gasteiger partial charge in [0, 0.05) is 45.5 Å². The number of hydrogen-bond acceptors (Lipinski definition) is 2. The van der Waals surface area contributed by atoms with E-state index in [0.29, 0.717) is 11.4 Å². The fourth-order valence-corrected chi connectivity index (χ4v) is 4.38. The van der Waals surface area contributed by atoms with Gasteiger partial charge >= 0.3 is 21.1 Å². The Bertz CT molecular complexity index is 1350. The van der Waals surface area contributed by atoms with Crippen molar-refractivity contribution in [2.45, 2.75) is 38.5 Å². The van der Waals surface area contributed by atoms with Crippen LogP contribution in [0, 0.1) is 35.4 Å². The quantitative estimate of drug-likeness (QED) is 0.152. The van der Waals surface area contributed by atoms with E-state index in [4.69, 9.17) is 0 Å². The van der Waals surface area contributed by atoms with Crippen molar-refractivity contribution in [1.82, 2.24) is 9.97 Å². The van der Waals surface area contributed by atoms with E-state index in [1.54, 1.807) is 64.1 Å². The molecule has 0 unspecified atom stereocenters. The van der Waals surface area contributed by atoms with Crippen LogP contribution in [0.2, 0.25) is 0 Å². The van der Waals surface area contributed by atoms with Crippen molar-refractivity contribution >= 4 is 0 Å². The van der Waals surface area contributed by atoms with E-state index in [0.717, 1.165) is 12.1 Å². The zero-order valence-corrected chi connectivity index (χ0v) is 21.6. The van der Waals surface area contributed by atoms with Crippen LogP contribution in [0.1, 0.15) is 50.2 Å². The van der Waals surface area contributed by atoms with Gasteiger partial charge in [0.05, 0.1) is 0 Å². The minimum absolute atomic E-state index is 0. The average Bonchev–Trinajstić information content (AvgIpc) is 2.78. The molecule has 2 aromatic carbocycles. The largest absolute Gasteiger partial charge is 2.00 e. The first-order valence-electron chi connectivity index (χ1n) is 10.8. The van der Waals surface area contributed by atoms with E-state index < -0.39 is 34.1 Å². The predicted molar refractivity (Wildman–Crippen MR) is 121 cm³/mol. The number of nitrogens with zero attached hydrogens (tertiary/aromatic N) is 2. The van der Waals surface area contributed by atoms with Gasteiger partial charge in [0.25, 0.3) is 0 Å². The van der Waals surface area contributed by atoms with Gasteiger partial charge in [-0.1, -0.05) is 86.3 Å². The standard InChI is InChI=1S/C28H20F4N2.Pt/c1-27(2)17-11-15(19(29)13-21(17)31)24-8-6-10-26(34-24)28(3,4)18-12-16(20(30)14-22(18)32)23-7-5-9-25(27)33-23;/h5-10,13-14H,1-4H3;/q-2;+2. The fourth-order valence-electron chi connectivity index (χ4n) is 4.38. The van der Waals surface area contributed by atoms with Crippen molar-refractivity contribution in [3.05, 3.63) is 106 Å². The van der Waals surface area contributed by atoms with Crippen molar-refractivity contribution in [2.75, 3.05) is 0 Å². The van der Waals surface area contributed by atoms with E-state index in [-0.39, 0.29) is 54.7 Å². The second kappa shape index (κ2) is 8.67. The molecule has 0 N–H and O–H groups in total. The monoisotopic (exact) mass is 655 g/mol. The van der Waals surface area contributed by atoms with Gasteiger partial charge in [-0.05, 0) is 23.5 Å². The molecule has 1 aliphatic rings. The Kier molecular flexibility index (Phi) is 6.25. The van der Waals surface area contributed by atoms with E-state index in [9.17, 15) is 8.78 Å². The van der Waals surface area contributed by atoms with E-state index in [1.807, 2.05) is 0 Å². The maximum absolute atomic E-state index is 15.0. The number of benzene rings is 2. The van der Waals surface area contributed by atoms with Crippen molar-refractivity contribution < 1.29 is 38.6 Å². The second-order valence-corrected chi connectivity index (χ2v) is 9.50. The molecule has 0 radical (unpaired) electrons. The van der Waals surface area contributed by atoms with Gasteiger partial charge in [-0.3, -0.25) is 17.6 Å². The summed E-state index contributed by atoms with van der Waals surface area (Å²) in [4.78, 5) is 9.16. The third kappa shape index (κ3) is 4.02. The first kappa shape index (κ1) is 25.2. The van der Waals surface area contributed by atoms with Crippen LogP contribution in [0.25, 0.3) is 22.5 Å². The van der Waals surface area contributed by atoms with Gasteiger partial charge < -0.3 is 9.97 Å². The molecule has 5 rings (SSSR count).